The van der Waals surface area contributed by atoms with Crippen molar-refractivity contribution in [2.45, 2.75) is 52.3 Å². The standard InChI is InChI=1S/C15H23NO/c1-10-5-7-12(8-6-10)11(2)16-13-9-14(17)15(13,3)4/h5-8,11,13-14,16-17H,9H2,1-4H3/t11-,13?,14?/m1/s1. The Hall–Kier alpha value is -0.860. The lowest BCUT2D eigenvalue weighted by Gasteiger charge is -2.50. The predicted molar refractivity (Wildman–Crippen MR) is 70.9 cm³/mol. The van der Waals surface area contributed by atoms with Crippen LogP contribution in [0.5, 0.6) is 0 Å². The van der Waals surface area contributed by atoms with Gasteiger partial charge in [0.2, 0.25) is 0 Å². The Morgan fingerprint density at radius 2 is 1.88 bits per heavy atom. The van der Waals surface area contributed by atoms with Gasteiger partial charge in [-0.3, -0.25) is 0 Å². The third-order valence-electron chi connectivity index (χ3n) is 4.24. The van der Waals surface area contributed by atoms with Crippen molar-refractivity contribution in [2.75, 3.05) is 0 Å². The summed E-state index contributed by atoms with van der Waals surface area (Å²) < 4.78 is 0. The molecule has 2 unspecified atom stereocenters. The van der Waals surface area contributed by atoms with Gasteiger partial charge in [0, 0.05) is 17.5 Å². The molecule has 2 nitrogen and oxygen atoms in total. The number of aryl methyl sites for hydroxylation is 1. The van der Waals surface area contributed by atoms with Crippen LogP contribution in [0.3, 0.4) is 0 Å². The van der Waals surface area contributed by atoms with Crippen LogP contribution in [-0.2, 0) is 0 Å². The molecule has 0 amide bonds. The second kappa shape index (κ2) is 4.43. The van der Waals surface area contributed by atoms with E-state index in [9.17, 15) is 5.11 Å². The van der Waals surface area contributed by atoms with Crippen molar-refractivity contribution in [3.63, 3.8) is 0 Å². The zero-order chi connectivity index (χ0) is 12.6. The van der Waals surface area contributed by atoms with Crippen LogP contribution in [0.15, 0.2) is 24.3 Å². The number of nitrogens with one attached hydrogen (secondary N) is 1. The number of benzene rings is 1. The largest absolute Gasteiger partial charge is 0.392 e. The third kappa shape index (κ3) is 2.38. The van der Waals surface area contributed by atoms with E-state index in [1.54, 1.807) is 0 Å². The molecule has 1 aromatic rings. The van der Waals surface area contributed by atoms with E-state index >= 15 is 0 Å². The molecular formula is C15H23NO. The summed E-state index contributed by atoms with van der Waals surface area (Å²) >= 11 is 0. The van der Waals surface area contributed by atoms with Gasteiger partial charge >= 0.3 is 0 Å². The van der Waals surface area contributed by atoms with Gasteiger partial charge in [-0.25, -0.2) is 0 Å². The highest BCUT2D eigenvalue weighted by molar-refractivity contribution is 5.24. The van der Waals surface area contributed by atoms with Crippen LogP contribution in [0.1, 0.15) is 44.4 Å². The van der Waals surface area contributed by atoms with E-state index in [1.165, 1.54) is 11.1 Å². The first kappa shape index (κ1) is 12.6. The van der Waals surface area contributed by atoms with Gasteiger partial charge in [-0.05, 0) is 25.8 Å². The average Bonchev–Trinajstić information content (AvgIpc) is 2.29. The number of aliphatic hydroxyl groups excluding tert-OH is 1. The van der Waals surface area contributed by atoms with Crippen molar-refractivity contribution in [3.05, 3.63) is 35.4 Å². The number of aliphatic hydroxyl groups is 1. The van der Waals surface area contributed by atoms with Crippen molar-refractivity contribution in [3.8, 4) is 0 Å². The Bertz CT molecular complexity index is 382. The summed E-state index contributed by atoms with van der Waals surface area (Å²) in [6, 6.07) is 9.40. The summed E-state index contributed by atoms with van der Waals surface area (Å²) in [5.41, 5.74) is 2.60. The topological polar surface area (TPSA) is 32.3 Å². The molecule has 2 heteroatoms. The van der Waals surface area contributed by atoms with Gasteiger partial charge in [0.25, 0.3) is 0 Å². The molecule has 0 spiro atoms. The van der Waals surface area contributed by atoms with Crippen LogP contribution in [0.25, 0.3) is 0 Å². The fraction of sp³-hybridized carbons (Fsp3) is 0.600. The van der Waals surface area contributed by atoms with E-state index in [0.717, 1.165) is 6.42 Å². The van der Waals surface area contributed by atoms with Crippen LogP contribution in [0, 0.1) is 12.3 Å². The molecule has 0 bridgehead atoms. The van der Waals surface area contributed by atoms with E-state index in [2.05, 4.69) is 57.3 Å². The molecule has 0 radical (unpaired) electrons. The molecule has 0 heterocycles. The summed E-state index contributed by atoms with van der Waals surface area (Å²) in [5, 5.41) is 13.3. The van der Waals surface area contributed by atoms with Crippen LogP contribution in [0.2, 0.25) is 0 Å². The highest BCUT2D eigenvalue weighted by Gasteiger charge is 2.47. The van der Waals surface area contributed by atoms with Crippen molar-refractivity contribution in [1.82, 2.24) is 5.32 Å². The molecule has 0 aliphatic heterocycles. The van der Waals surface area contributed by atoms with Crippen LogP contribution < -0.4 is 5.32 Å². The summed E-state index contributed by atoms with van der Waals surface area (Å²) in [6.45, 7) is 8.54. The quantitative estimate of drug-likeness (QED) is 0.841. The Kier molecular flexibility index (Phi) is 3.28. The van der Waals surface area contributed by atoms with E-state index < -0.39 is 0 Å². The van der Waals surface area contributed by atoms with Crippen molar-refractivity contribution >= 4 is 0 Å². The molecule has 3 atom stereocenters. The SMILES string of the molecule is Cc1ccc([C@@H](C)NC2CC(O)C2(C)C)cc1. The molecule has 94 valence electrons. The van der Waals surface area contributed by atoms with Crippen LogP contribution in [0.4, 0.5) is 0 Å². The van der Waals surface area contributed by atoms with E-state index in [-0.39, 0.29) is 11.5 Å². The van der Waals surface area contributed by atoms with Gasteiger partial charge in [0.1, 0.15) is 0 Å². The molecule has 0 aromatic heterocycles. The molecule has 1 fully saturated rings. The second-order valence-electron chi connectivity index (χ2n) is 5.92. The molecule has 1 aromatic carbocycles. The van der Waals surface area contributed by atoms with Crippen LogP contribution in [-0.4, -0.2) is 17.3 Å². The van der Waals surface area contributed by atoms with Crippen molar-refractivity contribution < 1.29 is 5.11 Å². The first-order chi connectivity index (χ1) is 7.91. The summed E-state index contributed by atoms with van der Waals surface area (Å²) in [4.78, 5) is 0. The fourth-order valence-electron chi connectivity index (χ4n) is 2.44. The molecular weight excluding hydrogens is 210 g/mol. The summed E-state index contributed by atoms with van der Waals surface area (Å²) in [5.74, 6) is 0. The maximum atomic E-state index is 9.73. The number of hydrogen-bond acceptors (Lipinski definition) is 2. The van der Waals surface area contributed by atoms with Gasteiger partial charge in [-0.1, -0.05) is 43.7 Å². The van der Waals surface area contributed by atoms with Crippen LogP contribution >= 0.6 is 0 Å². The third-order valence-corrected chi connectivity index (χ3v) is 4.24. The van der Waals surface area contributed by atoms with E-state index in [0.29, 0.717) is 12.1 Å². The number of hydrogen-bond donors (Lipinski definition) is 2. The normalized spacial score (nSPS) is 28.5. The summed E-state index contributed by atoms with van der Waals surface area (Å²) in [6.07, 6.45) is 0.702. The molecule has 2 N–H and O–H groups in total. The minimum absolute atomic E-state index is 0.00103. The van der Waals surface area contributed by atoms with Gasteiger partial charge in [0.15, 0.2) is 0 Å². The molecule has 17 heavy (non-hydrogen) atoms. The Labute approximate surface area is 104 Å². The molecule has 0 saturated heterocycles. The predicted octanol–water partition coefficient (Wildman–Crippen LogP) is 2.81. The molecule has 1 aliphatic rings. The maximum absolute atomic E-state index is 9.73. The van der Waals surface area contributed by atoms with Gasteiger partial charge < -0.3 is 10.4 Å². The van der Waals surface area contributed by atoms with Gasteiger partial charge in [0.05, 0.1) is 6.10 Å². The van der Waals surface area contributed by atoms with Crippen molar-refractivity contribution in [2.24, 2.45) is 5.41 Å². The molecule has 2 rings (SSSR count). The zero-order valence-corrected chi connectivity index (χ0v) is 11.2. The molecule has 1 aliphatic carbocycles. The highest BCUT2D eigenvalue weighted by atomic mass is 16.3. The smallest absolute Gasteiger partial charge is 0.0621 e. The fourth-order valence-corrected chi connectivity index (χ4v) is 2.44. The first-order valence-electron chi connectivity index (χ1n) is 6.42. The summed E-state index contributed by atoms with van der Waals surface area (Å²) in [7, 11) is 0. The van der Waals surface area contributed by atoms with E-state index in [4.69, 9.17) is 0 Å². The average molecular weight is 233 g/mol. The highest BCUT2D eigenvalue weighted by Crippen LogP contribution is 2.41. The van der Waals surface area contributed by atoms with Crippen molar-refractivity contribution in [1.29, 1.82) is 0 Å². The Balaban J connectivity index is 1.98. The lowest BCUT2D eigenvalue weighted by atomic mass is 9.64. The second-order valence-corrected chi connectivity index (χ2v) is 5.92. The number of rotatable bonds is 3. The minimum atomic E-state index is -0.162. The van der Waals surface area contributed by atoms with E-state index in [1.807, 2.05) is 0 Å². The van der Waals surface area contributed by atoms with Gasteiger partial charge in [-0.2, -0.15) is 0 Å². The minimum Gasteiger partial charge on any atom is -0.392 e. The van der Waals surface area contributed by atoms with Gasteiger partial charge in [-0.15, -0.1) is 0 Å². The Morgan fingerprint density at radius 3 is 2.35 bits per heavy atom. The Morgan fingerprint density at radius 1 is 1.29 bits per heavy atom. The molecule has 1 saturated carbocycles. The first-order valence-corrected chi connectivity index (χ1v) is 6.42. The monoisotopic (exact) mass is 233 g/mol. The lowest BCUT2D eigenvalue weighted by molar-refractivity contribution is -0.0754. The lowest BCUT2D eigenvalue weighted by Crippen LogP contribution is -2.60. The zero-order valence-electron chi connectivity index (χ0n) is 11.2. The maximum Gasteiger partial charge on any atom is 0.0621 e.